The predicted octanol–water partition coefficient (Wildman–Crippen LogP) is 1.70. The number of rotatable bonds is 5. The molecule has 1 aromatic carbocycles. The molecule has 8 heteroatoms. The van der Waals surface area contributed by atoms with Gasteiger partial charge in [0.25, 0.3) is 5.89 Å². The Labute approximate surface area is 108 Å². The molecule has 0 bridgehead atoms. The van der Waals surface area contributed by atoms with E-state index in [9.17, 15) is 10.1 Å². The standard InChI is InChI=1S/C11H12N4O4/c1-2-7-3-4-9(8(5-7)15(16)17)18-6-10-13-14-11(12)19-10/h3-5H,2,6H2,1H3,(H2,12,14). The van der Waals surface area contributed by atoms with Crippen molar-refractivity contribution in [2.24, 2.45) is 0 Å². The van der Waals surface area contributed by atoms with Crippen LogP contribution < -0.4 is 10.5 Å². The van der Waals surface area contributed by atoms with E-state index in [1.54, 1.807) is 12.1 Å². The van der Waals surface area contributed by atoms with Gasteiger partial charge >= 0.3 is 11.7 Å². The third-order valence-electron chi connectivity index (χ3n) is 2.46. The highest BCUT2D eigenvalue weighted by molar-refractivity contribution is 5.48. The smallest absolute Gasteiger partial charge is 0.312 e. The first kappa shape index (κ1) is 12.8. The van der Waals surface area contributed by atoms with Crippen LogP contribution in [0.1, 0.15) is 18.4 Å². The van der Waals surface area contributed by atoms with E-state index >= 15 is 0 Å². The summed E-state index contributed by atoms with van der Waals surface area (Å²) in [5.41, 5.74) is 6.03. The quantitative estimate of drug-likeness (QED) is 0.644. The van der Waals surface area contributed by atoms with Gasteiger partial charge < -0.3 is 14.9 Å². The van der Waals surface area contributed by atoms with E-state index in [0.29, 0.717) is 6.42 Å². The molecule has 1 aromatic heterocycles. The fourth-order valence-electron chi connectivity index (χ4n) is 1.51. The molecule has 100 valence electrons. The summed E-state index contributed by atoms with van der Waals surface area (Å²) in [6.07, 6.45) is 0.710. The molecule has 19 heavy (non-hydrogen) atoms. The molecule has 0 aliphatic rings. The second-order valence-electron chi connectivity index (χ2n) is 3.74. The molecule has 0 aliphatic carbocycles. The molecule has 0 amide bonds. The lowest BCUT2D eigenvalue weighted by molar-refractivity contribution is -0.386. The molecule has 0 spiro atoms. The number of nitro benzene ring substituents is 1. The van der Waals surface area contributed by atoms with Gasteiger partial charge in [-0.05, 0) is 18.1 Å². The van der Waals surface area contributed by atoms with Crippen LogP contribution in [-0.4, -0.2) is 15.1 Å². The van der Waals surface area contributed by atoms with Gasteiger partial charge in [-0.2, -0.15) is 0 Å². The summed E-state index contributed by atoms with van der Waals surface area (Å²) in [4.78, 5) is 10.5. The zero-order valence-corrected chi connectivity index (χ0v) is 10.2. The van der Waals surface area contributed by atoms with Gasteiger partial charge in [-0.25, -0.2) is 0 Å². The normalized spacial score (nSPS) is 10.4. The molecule has 1 heterocycles. The maximum Gasteiger partial charge on any atom is 0.312 e. The minimum Gasteiger partial charge on any atom is -0.477 e. The summed E-state index contributed by atoms with van der Waals surface area (Å²) in [5, 5.41) is 18.0. The first-order chi connectivity index (χ1) is 9.10. The largest absolute Gasteiger partial charge is 0.477 e. The van der Waals surface area contributed by atoms with Crippen molar-refractivity contribution in [3.8, 4) is 5.75 Å². The summed E-state index contributed by atoms with van der Waals surface area (Å²) < 4.78 is 10.2. The highest BCUT2D eigenvalue weighted by Gasteiger charge is 2.16. The van der Waals surface area contributed by atoms with E-state index in [4.69, 9.17) is 14.9 Å². The van der Waals surface area contributed by atoms with E-state index in [0.717, 1.165) is 5.56 Å². The first-order valence-corrected chi connectivity index (χ1v) is 5.58. The van der Waals surface area contributed by atoms with E-state index in [1.807, 2.05) is 6.92 Å². The first-order valence-electron chi connectivity index (χ1n) is 5.58. The maximum absolute atomic E-state index is 11.0. The Kier molecular flexibility index (Phi) is 3.60. The van der Waals surface area contributed by atoms with Crippen LogP contribution in [0.4, 0.5) is 11.7 Å². The number of benzene rings is 1. The van der Waals surface area contributed by atoms with Crippen molar-refractivity contribution in [3.05, 3.63) is 39.8 Å². The predicted molar refractivity (Wildman–Crippen MR) is 65.5 cm³/mol. The van der Waals surface area contributed by atoms with E-state index in [-0.39, 0.29) is 29.9 Å². The van der Waals surface area contributed by atoms with Crippen LogP contribution in [0, 0.1) is 10.1 Å². The Morgan fingerprint density at radius 1 is 1.47 bits per heavy atom. The van der Waals surface area contributed by atoms with Gasteiger partial charge in [-0.3, -0.25) is 10.1 Å². The fourth-order valence-corrected chi connectivity index (χ4v) is 1.51. The number of anilines is 1. The van der Waals surface area contributed by atoms with Crippen molar-refractivity contribution in [1.82, 2.24) is 10.2 Å². The molecule has 0 fully saturated rings. The topological polar surface area (TPSA) is 117 Å². The summed E-state index contributed by atoms with van der Waals surface area (Å²) in [6, 6.07) is 4.73. The van der Waals surface area contributed by atoms with Crippen LogP contribution in [0.2, 0.25) is 0 Å². The number of ether oxygens (including phenoxy) is 1. The fraction of sp³-hybridized carbons (Fsp3) is 0.273. The summed E-state index contributed by atoms with van der Waals surface area (Å²) >= 11 is 0. The molecule has 8 nitrogen and oxygen atoms in total. The average molecular weight is 264 g/mol. The van der Waals surface area contributed by atoms with Crippen LogP contribution in [0.15, 0.2) is 22.6 Å². The second-order valence-corrected chi connectivity index (χ2v) is 3.74. The molecular weight excluding hydrogens is 252 g/mol. The summed E-state index contributed by atoms with van der Waals surface area (Å²) in [6.45, 7) is 1.84. The molecule has 2 rings (SSSR count). The Balaban J connectivity index is 2.17. The lowest BCUT2D eigenvalue weighted by Crippen LogP contribution is -2.00. The van der Waals surface area contributed by atoms with Gasteiger partial charge in [-0.1, -0.05) is 18.1 Å². The highest BCUT2D eigenvalue weighted by Crippen LogP contribution is 2.28. The van der Waals surface area contributed by atoms with Crippen molar-refractivity contribution >= 4 is 11.7 Å². The molecule has 2 aromatic rings. The average Bonchev–Trinajstić information content (AvgIpc) is 2.82. The number of aromatic nitrogens is 2. The minimum absolute atomic E-state index is 0.0729. The second kappa shape index (κ2) is 5.34. The number of nitro groups is 1. The highest BCUT2D eigenvalue weighted by atomic mass is 16.6. The Morgan fingerprint density at radius 3 is 2.84 bits per heavy atom. The van der Waals surface area contributed by atoms with Crippen molar-refractivity contribution in [3.63, 3.8) is 0 Å². The van der Waals surface area contributed by atoms with Crippen LogP contribution in [0.25, 0.3) is 0 Å². The Bertz CT molecular complexity index is 596. The molecular formula is C11H12N4O4. The summed E-state index contributed by atoms with van der Waals surface area (Å²) in [5.74, 6) is 0.310. The number of nitrogens with zero attached hydrogens (tertiary/aromatic N) is 3. The number of aryl methyl sites for hydroxylation is 1. The van der Waals surface area contributed by atoms with Crippen molar-refractivity contribution in [2.75, 3.05) is 5.73 Å². The number of nitrogens with two attached hydrogens (primary N) is 1. The molecule has 0 unspecified atom stereocenters. The molecule has 0 aliphatic heterocycles. The zero-order chi connectivity index (χ0) is 13.8. The van der Waals surface area contributed by atoms with Gasteiger partial charge in [0.05, 0.1) is 4.92 Å². The van der Waals surface area contributed by atoms with Crippen molar-refractivity contribution in [2.45, 2.75) is 20.0 Å². The number of hydrogen-bond acceptors (Lipinski definition) is 7. The van der Waals surface area contributed by atoms with E-state index in [1.165, 1.54) is 6.07 Å². The van der Waals surface area contributed by atoms with Crippen LogP contribution in [0.3, 0.4) is 0 Å². The van der Waals surface area contributed by atoms with Crippen LogP contribution in [0.5, 0.6) is 5.75 Å². The third-order valence-corrected chi connectivity index (χ3v) is 2.46. The lowest BCUT2D eigenvalue weighted by atomic mass is 10.1. The molecule has 2 N–H and O–H groups in total. The molecule has 0 saturated carbocycles. The number of nitrogen functional groups attached to an aromatic ring is 1. The van der Waals surface area contributed by atoms with Crippen molar-refractivity contribution < 1.29 is 14.1 Å². The van der Waals surface area contributed by atoms with E-state index in [2.05, 4.69) is 10.2 Å². The zero-order valence-electron chi connectivity index (χ0n) is 10.2. The number of hydrogen-bond donors (Lipinski definition) is 1. The summed E-state index contributed by atoms with van der Waals surface area (Å²) in [7, 11) is 0. The van der Waals surface area contributed by atoms with Gasteiger partial charge in [0, 0.05) is 6.07 Å². The third kappa shape index (κ3) is 2.97. The van der Waals surface area contributed by atoms with Crippen LogP contribution in [-0.2, 0) is 13.0 Å². The molecule has 0 radical (unpaired) electrons. The van der Waals surface area contributed by atoms with Gasteiger partial charge in [0.2, 0.25) is 0 Å². The molecule has 0 atom stereocenters. The Hall–Kier alpha value is -2.64. The van der Waals surface area contributed by atoms with Gasteiger partial charge in [-0.15, -0.1) is 5.10 Å². The Morgan fingerprint density at radius 2 is 2.26 bits per heavy atom. The van der Waals surface area contributed by atoms with E-state index < -0.39 is 4.92 Å². The van der Waals surface area contributed by atoms with Crippen LogP contribution >= 0.6 is 0 Å². The lowest BCUT2D eigenvalue weighted by Gasteiger charge is -2.05. The molecule has 0 saturated heterocycles. The monoisotopic (exact) mass is 264 g/mol. The minimum atomic E-state index is -0.489. The maximum atomic E-state index is 11.0. The van der Waals surface area contributed by atoms with Crippen molar-refractivity contribution in [1.29, 1.82) is 0 Å². The van der Waals surface area contributed by atoms with Gasteiger partial charge in [0.15, 0.2) is 12.4 Å². The van der Waals surface area contributed by atoms with Gasteiger partial charge in [0.1, 0.15) is 0 Å². The SMILES string of the molecule is CCc1ccc(OCc2nnc(N)o2)c([N+](=O)[O-])c1.